The van der Waals surface area contributed by atoms with Crippen LogP contribution in [0.1, 0.15) is 26.2 Å². The predicted molar refractivity (Wildman–Crippen MR) is 85.5 cm³/mol. The second-order valence-electron chi connectivity index (χ2n) is 6.46. The Morgan fingerprint density at radius 1 is 1.14 bits per heavy atom. The van der Waals surface area contributed by atoms with E-state index in [2.05, 4.69) is 29.3 Å². The van der Waals surface area contributed by atoms with E-state index < -0.39 is 0 Å². The number of ether oxygens (including phenoxy) is 2. The lowest BCUT2D eigenvalue weighted by Gasteiger charge is -2.35. The minimum Gasteiger partial charge on any atom is -0.497 e. The van der Waals surface area contributed by atoms with Crippen LogP contribution in [0.4, 0.5) is 5.69 Å². The van der Waals surface area contributed by atoms with Gasteiger partial charge in [0.1, 0.15) is 11.5 Å². The van der Waals surface area contributed by atoms with E-state index in [0.29, 0.717) is 0 Å². The van der Waals surface area contributed by atoms with Crippen molar-refractivity contribution in [1.82, 2.24) is 5.32 Å². The molecule has 116 valence electrons. The molecule has 1 heterocycles. The molecule has 2 aliphatic rings. The molecular weight excluding hydrogens is 264 g/mol. The lowest BCUT2D eigenvalue weighted by molar-refractivity contribution is 0.331. The van der Waals surface area contributed by atoms with Gasteiger partial charge < -0.3 is 19.7 Å². The van der Waals surface area contributed by atoms with Crippen molar-refractivity contribution < 1.29 is 9.47 Å². The second kappa shape index (κ2) is 5.76. The maximum Gasteiger partial charge on any atom is 0.124 e. The molecule has 21 heavy (non-hydrogen) atoms. The summed E-state index contributed by atoms with van der Waals surface area (Å²) in [6.07, 6.45) is 3.89. The Balaban J connectivity index is 1.87. The maximum atomic E-state index is 5.41. The fourth-order valence-electron chi connectivity index (χ4n) is 3.36. The summed E-state index contributed by atoms with van der Waals surface area (Å²) >= 11 is 0. The standard InChI is InChI=1S/C17H26N2O2/c1-17(13-5-6-13)12-19(8-4-7-18-17)14-9-15(20-2)11-16(10-14)21-3/h9-11,13,18H,4-8,12H2,1-3H3. The predicted octanol–water partition coefficient (Wildman–Crippen LogP) is 2.67. The third-order valence-electron chi connectivity index (χ3n) is 4.83. The average molecular weight is 290 g/mol. The van der Waals surface area contributed by atoms with Crippen LogP contribution in [0.2, 0.25) is 0 Å². The summed E-state index contributed by atoms with van der Waals surface area (Å²) in [5.74, 6) is 2.54. The Hall–Kier alpha value is -1.42. The average Bonchev–Trinajstić information content (AvgIpc) is 3.34. The number of nitrogens with zero attached hydrogens (tertiary/aromatic N) is 1. The summed E-state index contributed by atoms with van der Waals surface area (Å²) in [5.41, 5.74) is 1.43. The number of hydrogen-bond acceptors (Lipinski definition) is 4. The highest BCUT2D eigenvalue weighted by Gasteiger charge is 2.43. The van der Waals surface area contributed by atoms with Gasteiger partial charge >= 0.3 is 0 Å². The van der Waals surface area contributed by atoms with Crippen LogP contribution in [0.15, 0.2) is 18.2 Å². The highest BCUT2D eigenvalue weighted by molar-refractivity contribution is 5.56. The topological polar surface area (TPSA) is 33.7 Å². The zero-order chi connectivity index (χ0) is 14.9. The molecule has 1 aromatic rings. The van der Waals surface area contributed by atoms with Crippen LogP contribution in [0.25, 0.3) is 0 Å². The van der Waals surface area contributed by atoms with Crippen molar-refractivity contribution in [1.29, 1.82) is 0 Å². The van der Waals surface area contributed by atoms with Gasteiger partial charge in [0.25, 0.3) is 0 Å². The van der Waals surface area contributed by atoms with E-state index in [9.17, 15) is 0 Å². The number of benzene rings is 1. The maximum absolute atomic E-state index is 5.41. The van der Waals surface area contributed by atoms with Crippen molar-refractivity contribution in [3.8, 4) is 11.5 Å². The van der Waals surface area contributed by atoms with E-state index in [1.54, 1.807) is 14.2 Å². The minimum absolute atomic E-state index is 0.229. The molecule has 1 aromatic carbocycles. The molecule has 3 rings (SSSR count). The molecule has 1 aliphatic heterocycles. The van der Waals surface area contributed by atoms with Crippen LogP contribution in [0, 0.1) is 5.92 Å². The van der Waals surface area contributed by atoms with Crippen LogP contribution in [-0.4, -0.2) is 39.4 Å². The molecule has 1 saturated heterocycles. The van der Waals surface area contributed by atoms with Gasteiger partial charge in [0, 0.05) is 42.5 Å². The summed E-state index contributed by atoms with van der Waals surface area (Å²) < 4.78 is 10.8. The highest BCUT2D eigenvalue weighted by atomic mass is 16.5. The third kappa shape index (κ3) is 3.10. The van der Waals surface area contributed by atoms with E-state index in [4.69, 9.17) is 9.47 Å². The fraction of sp³-hybridized carbons (Fsp3) is 0.647. The lowest BCUT2D eigenvalue weighted by Crippen LogP contribution is -2.51. The molecule has 1 aliphatic carbocycles. The second-order valence-corrected chi connectivity index (χ2v) is 6.46. The van der Waals surface area contributed by atoms with Gasteiger partial charge in [-0.1, -0.05) is 0 Å². The minimum atomic E-state index is 0.229. The van der Waals surface area contributed by atoms with Gasteiger partial charge in [-0.05, 0) is 38.6 Å². The number of nitrogens with one attached hydrogen (secondary N) is 1. The highest BCUT2D eigenvalue weighted by Crippen LogP contribution is 2.41. The first kappa shape index (κ1) is 14.5. The van der Waals surface area contributed by atoms with E-state index in [-0.39, 0.29) is 5.54 Å². The van der Waals surface area contributed by atoms with Gasteiger partial charge in [0.15, 0.2) is 0 Å². The van der Waals surface area contributed by atoms with Gasteiger partial charge in [-0.3, -0.25) is 0 Å². The Bertz CT molecular complexity index is 479. The van der Waals surface area contributed by atoms with E-state index >= 15 is 0 Å². The Morgan fingerprint density at radius 3 is 2.38 bits per heavy atom. The van der Waals surface area contributed by atoms with E-state index in [1.165, 1.54) is 24.9 Å². The zero-order valence-corrected chi connectivity index (χ0v) is 13.3. The van der Waals surface area contributed by atoms with Crippen molar-refractivity contribution in [2.24, 2.45) is 5.92 Å². The molecule has 0 amide bonds. The summed E-state index contributed by atoms with van der Waals surface area (Å²) in [6, 6.07) is 6.15. The van der Waals surface area contributed by atoms with Gasteiger partial charge in [-0.25, -0.2) is 0 Å². The Labute approximate surface area is 127 Å². The van der Waals surface area contributed by atoms with Gasteiger partial charge in [-0.15, -0.1) is 0 Å². The lowest BCUT2D eigenvalue weighted by atomic mass is 9.95. The molecular formula is C17H26N2O2. The first-order valence-electron chi connectivity index (χ1n) is 7.88. The Kier molecular flexibility index (Phi) is 3.98. The third-order valence-corrected chi connectivity index (χ3v) is 4.83. The van der Waals surface area contributed by atoms with Gasteiger partial charge in [0.05, 0.1) is 14.2 Å². The summed E-state index contributed by atoms with van der Waals surface area (Å²) in [6.45, 7) is 5.60. The fourth-order valence-corrected chi connectivity index (χ4v) is 3.36. The number of rotatable bonds is 4. The van der Waals surface area contributed by atoms with Crippen molar-refractivity contribution in [2.45, 2.75) is 31.7 Å². The van der Waals surface area contributed by atoms with Crippen molar-refractivity contribution in [3.05, 3.63) is 18.2 Å². The monoisotopic (exact) mass is 290 g/mol. The SMILES string of the molecule is COc1cc(OC)cc(N2CCCNC(C)(C3CC3)C2)c1. The van der Waals surface area contributed by atoms with E-state index in [0.717, 1.165) is 37.1 Å². The largest absolute Gasteiger partial charge is 0.497 e. The summed E-state index contributed by atoms with van der Waals surface area (Å²) in [4.78, 5) is 2.48. The van der Waals surface area contributed by atoms with Crippen LogP contribution in [0.3, 0.4) is 0 Å². The van der Waals surface area contributed by atoms with E-state index in [1.807, 2.05) is 6.07 Å². The Morgan fingerprint density at radius 2 is 1.81 bits per heavy atom. The van der Waals surface area contributed by atoms with Crippen LogP contribution >= 0.6 is 0 Å². The quantitative estimate of drug-likeness (QED) is 0.924. The number of hydrogen-bond donors (Lipinski definition) is 1. The molecule has 2 fully saturated rings. The van der Waals surface area contributed by atoms with Crippen molar-refractivity contribution >= 4 is 5.69 Å². The first-order chi connectivity index (χ1) is 10.1. The molecule has 0 radical (unpaired) electrons. The number of methoxy groups -OCH3 is 2. The van der Waals surface area contributed by atoms with Crippen molar-refractivity contribution in [2.75, 3.05) is 38.8 Å². The van der Waals surface area contributed by atoms with Gasteiger partial charge in [-0.2, -0.15) is 0 Å². The molecule has 0 bridgehead atoms. The molecule has 1 N–H and O–H groups in total. The number of anilines is 1. The normalized spacial score (nSPS) is 26.3. The molecule has 1 atom stereocenters. The zero-order valence-electron chi connectivity index (χ0n) is 13.3. The summed E-state index contributed by atoms with van der Waals surface area (Å²) in [7, 11) is 3.41. The molecule has 0 aromatic heterocycles. The first-order valence-corrected chi connectivity index (χ1v) is 7.88. The molecule has 1 saturated carbocycles. The van der Waals surface area contributed by atoms with Gasteiger partial charge in [0.2, 0.25) is 0 Å². The molecule has 4 heteroatoms. The van der Waals surface area contributed by atoms with Crippen LogP contribution in [-0.2, 0) is 0 Å². The smallest absolute Gasteiger partial charge is 0.124 e. The molecule has 4 nitrogen and oxygen atoms in total. The van der Waals surface area contributed by atoms with Crippen molar-refractivity contribution in [3.63, 3.8) is 0 Å². The molecule has 0 spiro atoms. The summed E-state index contributed by atoms with van der Waals surface area (Å²) in [5, 5.41) is 3.77. The van der Waals surface area contributed by atoms with Crippen LogP contribution < -0.4 is 19.7 Å². The molecule has 1 unspecified atom stereocenters. The van der Waals surface area contributed by atoms with Crippen LogP contribution in [0.5, 0.6) is 11.5 Å².